The zero-order valence-electron chi connectivity index (χ0n) is 11.8. The van der Waals surface area contributed by atoms with Crippen molar-refractivity contribution in [1.29, 1.82) is 0 Å². The number of allylic oxidation sites excluding steroid dienone is 3. The lowest BCUT2D eigenvalue weighted by molar-refractivity contribution is -0.137. The molecular weight excluding hydrogens is 236 g/mol. The molecule has 1 atom stereocenters. The van der Waals surface area contributed by atoms with Crippen molar-refractivity contribution < 1.29 is 9.53 Å². The predicted octanol–water partition coefficient (Wildman–Crippen LogP) is 3.99. The summed E-state index contributed by atoms with van der Waals surface area (Å²) in [5.41, 5.74) is 4.91. The van der Waals surface area contributed by atoms with Crippen LogP contribution in [-0.4, -0.2) is 12.6 Å². The van der Waals surface area contributed by atoms with Crippen LogP contribution in [0.1, 0.15) is 32.8 Å². The molecule has 2 heteroatoms. The number of hydrogen-bond donors (Lipinski definition) is 0. The molecule has 0 N–H and O–H groups in total. The highest BCUT2D eigenvalue weighted by atomic mass is 16.5. The first-order chi connectivity index (χ1) is 9.13. The van der Waals surface area contributed by atoms with E-state index in [2.05, 4.69) is 26.0 Å². The van der Waals surface area contributed by atoms with E-state index < -0.39 is 0 Å². The molecule has 1 aliphatic rings. The molecule has 2 nitrogen and oxygen atoms in total. The Morgan fingerprint density at radius 1 is 1.37 bits per heavy atom. The lowest BCUT2D eigenvalue weighted by atomic mass is 10.0. The van der Waals surface area contributed by atoms with E-state index in [-0.39, 0.29) is 5.97 Å². The Morgan fingerprint density at radius 3 is 2.68 bits per heavy atom. The Kier molecular flexibility index (Phi) is 4.20. The average Bonchev–Trinajstić information content (AvgIpc) is 2.68. The number of rotatable bonds is 3. The fourth-order valence-electron chi connectivity index (χ4n) is 2.65. The smallest absolute Gasteiger partial charge is 0.331 e. The SMILES string of the molecule is CCOC(=O)/C=C1/C(C)=C(c2ccccc2)CC1C. The summed E-state index contributed by atoms with van der Waals surface area (Å²) < 4.78 is 5.00. The summed E-state index contributed by atoms with van der Waals surface area (Å²) in [6, 6.07) is 10.4. The molecule has 1 unspecified atom stereocenters. The maximum Gasteiger partial charge on any atom is 0.331 e. The summed E-state index contributed by atoms with van der Waals surface area (Å²) in [6.45, 7) is 6.50. The summed E-state index contributed by atoms with van der Waals surface area (Å²) >= 11 is 0. The van der Waals surface area contributed by atoms with Gasteiger partial charge in [-0.15, -0.1) is 0 Å². The van der Waals surface area contributed by atoms with Gasteiger partial charge in [0.05, 0.1) is 6.61 Å². The topological polar surface area (TPSA) is 26.3 Å². The highest BCUT2D eigenvalue weighted by molar-refractivity contribution is 5.87. The monoisotopic (exact) mass is 256 g/mol. The van der Waals surface area contributed by atoms with Crippen LogP contribution in [0.4, 0.5) is 0 Å². The molecule has 0 bridgehead atoms. The lowest BCUT2D eigenvalue weighted by Crippen LogP contribution is -2.03. The van der Waals surface area contributed by atoms with Gasteiger partial charge in [0.2, 0.25) is 0 Å². The zero-order chi connectivity index (χ0) is 13.8. The Hall–Kier alpha value is -1.83. The molecule has 1 aliphatic carbocycles. The van der Waals surface area contributed by atoms with Crippen molar-refractivity contribution in [3.8, 4) is 0 Å². The van der Waals surface area contributed by atoms with Crippen molar-refractivity contribution in [2.24, 2.45) is 5.92 Å². The molecule has 0 fully saturated rings. The van der Waals surface area contributed by atoms with Crippen molar-refractivity contribution in [2.75, 3.05) is 6.61 Å². The van der Waals surface area contributed by atoms with Crippen molar-refractivity contribution in [3.05, 3.63) is 53.1 Å². The second-order valence-corrected chi connectivity index (χ2v) is 4.93. The highest BCUT2D eigenvalue weighted by Crippen LogP contribution is 2.41. The number of ether oxygens (including phenoxy) is 1. The van der Waals surface area contributed by atoms with E-state index in [0.717, 1.165) is 12.0 Å². The van der Waals surface area contributed by atoms with Crippen molar-refractivity contribution >= 4 is 11.5 Å². The Balaban J connectivity index is 2.32. The molecule has 1 aromatic carbocycles. The quantitative estimate of drug-likeness (QED) is 0.604. The highest BCUT2D eigenvalue weighted by Gasteiger charge is 2.25. The van der Waals surface area contributed by atoms with Crippen LogP contribution in [0.2, 0.25) is 0 Å². The molecule has 0 saturated heterocycles. The maximum absolute atomic E-state index is 11.6. The molecular formula is C17H20O2. The minimum atomic E-state index is -0.238. The first-order valence-corrected chi connectivity index (χ1v) is 6.77. The normalized spacial score (nSPS) is 21.0. The second-order valence-electron chi connectivity index (χ2n) is 4.93. The Bertz CT molecular complexity index is 523. The molecule has 0 saturated carbocycles. The summed E-state index contributed by atoms with van der Waals surface area (Å²) in [4.78, 5) is 11.6. The largest absolute Gasteiger partial charge is 0.463 e. The third kappa shape index (κ3) is 2.95. The van der Waals surface area contributed by atoms with Gasteiger partial charge in [-0.05, 0) is 48.5 Å². The van der Waals surface area contributed by atoms with Gasteiger partial charge in [-0.3, -0.25) is 0 Å². The Labute approximate surface area is 114 Å². The van der Waals surface area contributed by atoms with Crippen LogP contribution >= 0.6 is 0 Å². The fraction of sp³-hybridized carbons (Fsp3) is 0.353. The summed E-state index contributed by atoms with van der Waals surface area (Å²) in [7, 11) is 0. The van der Waals surface area contributed by atoms with Crippen molar-refractivity contribution in [2.45, 2.75) is 27.2 Å². The fourth-order valence-corrected chi connectivity index (χ4v) is 2.65. The molecule has 19 heavy (non-hydrogen) atoms. The predicted molar refractivity (Wildman–Crippen MR) is 77.5 cm³/mol. The summed E-state index contributed by atoms with van der Waals surface area (Å²) in [5.74, 6) is 0.137. The van der Waals surface area contributed by atoms with E-state index in [4.69, 9.17) is 4.74 Å². The van der Waals surface area contributed by atoms with Crippen LogP contribution in [0.25, 0.3) is 5.57 Å². The average molecular weight is 256 g/mol. The number of esters is 1. The van der Waals surface area contributed by atoms with Crippen molar-refractivity contribution in [1.82, 2.24) is 0 Å². The standard InChI is InChI=1S/C17H20O2/c1-4-19-17(18)11-15-12(2)10-16(13(15)3)14-8-6-5-7-9-14/h5-9,11-12H,4,10H2,1-3H3/b15-11+. The lowest BCUT2D eigenvalue weighted by Gasteiger charge is -2.06. The van der Waals surface area contributed by atoms with E-state index in [0.29, 0.717) is 12.5 Å². The molecule has 0 heterocycles. The molecule has 2 rings (SSSR count). The van der Waals surface area contributed by atoms with Gasteiger partial charge in [0.1, 0.15) is 0 Å². The van der Waals surface area contributed by atoms with Crippen LogP contribution in [0.3, 0.4) is 0 Å². The van der Waals surface area contributed by atoms with Crippen LogP contribution in [-0.2, 0) is 9.53 Å². The third-order valence-corrected chi connectivity index (χ3v) is 3.61. The van der Waals surface area contributed by atoms with Gasteiger partial charge in [-0.25, -0.2) is 4.79 Å². The molecule has 100 valence electrons. The van der Waals surface area contributed by atoms with Gasteiger partial charge in [-0.1, -0.05) is 37.3 Å². The van der Waals surface area contributed by atoms with Crippen LogP contribution in [0.15, 0.2) is 47.6 Å². The van der Waals surface area contributed by atoms with Crippen LogP contribution in [0, 0.1) is 5.92 Å². The minimum Gasteiger partial charge on any atom is -0.463 e. The van der Waals surface area contributed by atoms with E-state index in [9.17, 15) is 4.79 Å². The summed E-state index contributed by atoms with van der Waals surface area (Å²) in [6.07, 6.45) is 2.64. The van der Waals surface area contributed by atoms with Gasteiger partial charge in [0.15, 0.2) is 0 Å². The van der Waals surface area contributed by atoms with Gasteiger partial charge < -0.3 is 4.74 Å². The van der Waals surface area contributed by atoms with Gasteiger partial charge in [-0.2, -0.15) is 0 Å². The van der Waals surface area contributed by atoms with Crippen LogP contribution in [0.5, 0.6) is 0 Å². The van der Waals surface area contributed by atoms with Gasteiger partial charge in [0.25, 0.3) is 0 Å². The van der Waals surface area contributed by atoms with Crippen molar-refractivity contribution in [3.63, 3.8) is 0 Å². The number of carbonyl (C=O) groups is 1. The molecule has 0 radical (unpaired) electrons. The molecule has 0 amide bonds. The van der Waals surface area contributed by atoms with Crippen LogP contribution < -0.4 is 0 Å². The van der Waals surface area contributed by atoms with E-state index in [1.807, 2.05) is 25.1 Å². The van der Waals surface area contributed by atoms with E-state index in [1.165, 1.54) is 16.7 Å². The molecule has 0 aromatic heterocycles. The number of carbonyl (C=O) groups excluding carboxylic acids is 1. The van der Waals surface area contributed by atoms with Gasteiger partial charge >= 0.3 is 5.97 Å². The maximum atomic E-state index is 11.6. The first-order valence-electron chi connectivity index (χ1n) is 6.77. The number of benzene rings is 1. The minimum absolute atomic E-state index is 0.238. The zero-order valence-corrected chi connectivity index (χ0v) is 11.8. The van der Waals surface area contributed by atoms with E-state index in [1.54, 1.807) is 6.08 Å². The second kappa shape index (κ2) is 5.87. The van der Waals surface area contributed by atoms with E-state index >= 15 is 0 Å². The first kappa shape index (κ1) is 13.6. The third-order valence-electron chi connectivity index (χ3n) is 3.61. The Morgan fingerprint density at radius 2 is 2.05 bits per heavy atom. The van der Waals surface area contributed by atoms with Gasteiger partial charge in [0, 0.05) is 6.08 Å². The molecule has 0 aliphatic heterocycles. The molecule has 0 spiro atoms. The number of hydrogen-bond acceptors (Lipinski definition) is 2. The summed E-state index contributed by atoms with van der Waals surface area (Å²) in [5, 5.41) is 0. The molecule has 1 aromatic rings.